The van der Waals surface area contributed by atoms with Crippen LogP contribution in [0.4, 0.5) is 0 Å². The zero-order valence-electron chi connectivity index (χ0n) is 36.3. The summed E-state index contributed by atoms with van der Waals surface area (Å²) in [6.45, 7) is 9.37. The van der Waals surface area contributed by atoms with Gasteiger partial charge in [-0.05, 0) is 29.3 Å². The Hall–Kier alpha value is -4.15. The van der Waals surface area contributed by atoms with Crippen LogP contribution < -0.4 is 22.5 Å². The standard InChI is InChI=1S/C42H55N4O15PSi/c1-42(2,3)63(6,7)61-35-31(59-39(37(35)53-5)44-21-19-33(48)46(41(44)50)27-55-23-29-16-12-9-13-17-29)25-57-62(51)56-24-30-34(60-62)36(52-4)38(58-30)43-20-18-32(47)45(40(43)49)26-54-22-28-14-10-8-11-15-28/h8-21,30-31,34-39H,22-27H2,1-7H3/t30-,31-,34-,35-,36-,37-,38-,39-,62+/m1/s1. The number of methoxy groups -OCH3 is 2. The summed E-state index contributed by atoms with van der Waals surface area (Å²) >= 11 is 0. The molecule has 0 unspecified atom stereocenters. The van der Waals surface area contributed by atoms with E-state index in [0.717, 1.165) is 20.3 Å². The molecule has 3 saturated heterocycles. The Morgan fingerprint density at radius 1 is 0.714 bits per heavy atom. The van der Waals surface area contributed by atoms with Crippen LogP contribution in [0.5, 0.6) is 0 Å². The van der Waals surface area contributed by atoms with Crippen LogP contribution in [0.3, 0.4) is 0 Å². The average Bonchev–Trinajstić information content (AvgIpc) is 3.78. The molecule has 9 atom stereocenters. The maximum Gasteiger partial charge on any atom is 0.475 e. The number of ether oxygens (including phenoxy) is 6. The third-order valence-corrected chi connectivity index (χ3v) is 17.7. The first-order valence-corrected chi connectivity index (χ1v) is 24.9. The van der Waals surface area contributed by atoms with Crippen molar-refractivity contribution in [3.8, 4) is 0 Å². The van der Waals surface area contributed by atoms with Crippen molar-refractivity contribution in [1.29, 1.82) is 0 Å². The average molecular weight is 915 g/mol. The predicted molar refractivity (Wildman–Crippen MR) is 228 cm³/mol. The third-order valence-electron chi connectivity index (χ3n) is 11.8. The van der Waals surface area contributed by atoms with E-state index < -0.39 is 94.3 Å². The second-order valence-corrected chi connectivity index (χ2v) is 23.3. The maximum atomic E-state index is 14.3. The van der Waals surface area contributed by atoms with Gasteiger partial charge in [0.1, 0.15) is 50.1 Å². The summed E-state index contributed by atoms with van der Waals surface area (Å²) in [4.78, 5) is 53.3. The Morgan fingerprint density at radius 3 is 1.71 bits per heavy atom. The summed E-state index contributed by atoms with van der Waals surface area (Å²) in [6, 6.07) is 21.1. The van der Waals surface area contributed by atoms with E-state index in [0.29, 0.717) is 0 Å². The van der Waals surface area contributed by atoms with E-state index in [1.807, 2.05) is 73.8 Å². The minimum absolute atomic E-state index is 0.172. The van der Waals surface area contributed by atoms with Gasteiger partial charge in [-0.25, -0.2) is 23.3 Å². The van der Waals surface area contributed by atoms with Crippen molar-refractivity contribution in [2.75, 3.05) is 27.4 Å². The Morgan fingerprint density at radius 2 is 1.22 bits per heavy atom. The molecule has 0 bridgehead atoms. The van der Waals surface area contributed by atoms with Gasteiger partial charge in [0.25, 0.3) is 11.1 Å². The molecule has 342 valence electrons. The maximum absolute atomic E-state index is 14.3. The fourth-order valence-electron chi connectivity index (χ4n) is 7.34. The Balaban J connectivity index is 1.08. The highest BCUT2D eigenvalue weighted by atomic mass is 31.2. The van der Waals surface area contributed by atoms with E-state index in [1.54, 1.807) is 0 Å². The molecule has 0 N–H and O–H groups in total. The molecule has 3 aliphatic rings. The molecular weight excluding hydrogens is 860 g/mol. The fraction of sp³-hybridized carbons (Fsp3) is 0.524. The van der Waals surface area contributed by atoms with Gasteiger partial charge in [0.05, 0.1) is 26.4 Å². The summed E-state index contributed by atoms with van der Waals surface area (Å²) < 4.78 is 79.0. The summed E-state index contributed by atoms with van der Waals surface area (Å²) in [5.74, 6) is 0. The summed E-state index contributed by atoms with van der Waals surface area (Å²) in [5, 5.41) is -0.259. The van der Waals surface area contributed by atoms with Gasteiger partial charge in [-0.15, -0.1) is 0 Å². The summed E-state index contributed by atoms with van der Waals surface area (Å²) in [6.07, 6.45) is -5.21. The largest absolute Gasteiger partial charge is 0.475 e. The number of hydrogen-bond acceptors (Lipinski definition) is 15. The second kappa shape index (κ2) is 19.5. The topological polar surface area (TPSA) is 197 Å². The highest BCUT2D eigenvalue weighted by molar-refractivity contribution is 7.48. The molecule has 0 radical (unpaired) electrons. The lowest BCUT2D eigenvalue weighted by atomic mass is 10.1. The molecule has 2 aromatic carbocycles. The molecule has 0 aliphatic carbocycles. The second-order valence-electron chi connectivity index (χ2n) is 17.0. The smallest absolute Gasteiger partial charge is 0.408 e. The number of benzene rings is 2. The van der Waals surface area contributed by atoms with E-state index in [1.165, 1.54) is 47.9 Å². The first-order valence-electron chi connectivity index (χ1n) is 20.5. The highest BCUT2D eigenvalue weighted by Gasteiger charge is 2.56. The highest BCUT2D eigenvalue weighted by Crippen LogP contribution is 2.57. The van der Waals surface area contributed by atoms with Gasteiger partial charge in [0.15, 0.2) is 20.8 Å². The lowest BCUT2D eigenvalue weighted by Crippen LogP contribution is -2.50. The lowest BCUT2D eigenvalue weighted by molar-refractivity contribution is -0.0857. The van der Waals surface area contributed by atoms with Crippen molar-refractivity contribution in [2.24, 2.45) is 0 Å². The lowest BCUT2D eigenvalue weighted by Gasteiger charge is -2.40. The number of phosphoric acid groups is 1. The predicted octanol–water partition coefficient (Wildman–Crippen LogP) is 4.14. The molecule has 3 fully saturated rings. The van der Waals surface area contributed by atoms with Crippen LogP contribution in [0, 0.1) is 0 Å². The molecule has 0 amide bonds. The zero-order valence-corrected chi connectivity index (χ0v) is 38.2. The van der Waals surface area contributed by atoms with E-state index in [4.69, 9.17) is 46.4 Å². The minimum Gasteiger partial charge on any atom is -0.408 e. The molecule has 0 spiro atoms. The van der Waals surface area contributed by atoms with Crippen LogP contribution in [-0.4, -0.2) is 90.6 Å². The van der Waals surface area contributed by atoms with Crippen LogP contribution >= 0.6 is 7.82 Å². The Labute approximate surface area is 364 Å². The van der Waals surface area contributed by atoms with Gasteiger partial charge in [-0.1, -0.05) is 81.4 Å². The summed E-state index contributed by atoms with van der Waals surface area (Å²) in [5.41, 5.74) is -0.836. The molecule has 2 aromatic heterocycles. The van der Waals surface area contributed by atoms with Gasteiger partial charge in [0.2, 0.25) is 0 Å². The molecule has 5 heterocycles. The van der Waals surface area contributed by atoms with Gasteiger partial charge in [-0.2, -0.15) is 0 Å². The number of aromatic nitrogens is 4. The van der Waals surface area contributed by atoms with Crippen LogP contribution in [0.2, 0.25) is 18.1 Å². The zero-order chi connectivity index (χ0) is 45.1. The van der Waals surface area contributed by atoms with Crippen molar-refractivity contribution in [2.45, 2.75) is 115 Å². The van der Waals surface area contributed by atoms with Gasteiger partial charge >= 0.3 is 19.2 Å². The Kier molecular flexibility index (Phi) is 14.5. The van der Waals surface area contributed by atoms with Crippen LogP contribution in [0.1, 0.15) is 44.4 Å². The molecule has 7 rings (SSSR count). The normalized spacial score (nSPS) is 27.4. The fourth-order valence-corrected chi connectivity index (χ4v) is 10.1. The Bertz CT molecular complexity index is 2470. The third kappa shape index (κ3) is 10.2. The van der Waals surface area contributed by atoms with Crippen molar-refractivity contribution in [3.63, 3.8) is 0 Å². The molecule has 0 saturated carbocycles. The number of hydrogen-bond donors (Lipinski definition) is 0. The SMILES string of the molecule is CO[C@@H]1[C@H](O[Si](C)(C)C(C)(C)C)[C@@H](CO[P@]2(=O)OC[C@H]3O[C@@H](n4ccc(=O)n(COCc5ccccc5)c4=O)[C@H](OC)[C@@H]3O2)O[C@H]1n1ccc(=O)n(COCc2ccccc2)c1=O. The number of rotatable bonds is 17. The number of fused-ring (bicyclic) bond motifs is 1. The molecule has 63 heavy (non-hydrogen) atoms. The van der Waals surface area contributed by atoms with Crippen LogP contribution in [0.25, 0.3) is 0 Å². The first kappa shape index (κ1) is 46.8. The summed E-state index contributed by atoms with van der Waals surface area (Å²) in [7, 11) is -4.12. The van der Waals surface area contributed by atoms with E-state index in [9.17, 15) is 23.7 Å². The van der Waals surface area contributed by atoms with Gasteiger partial charge in [0, 0.05) is 38.7 Å². The van der Waals surface area contributed by atoms with Crippen LogP contribution in [-0.2, 0) is 77.7 Å². The quantitative estimate of drug-likeness (QED) is 0.108. The first-order chi connectivity index (χ1) is 30.0. The van der Waals surface area contributed by atoms with E-state index in [2.05, 4.69) is 20.8 Å². The van der Waals surface area contributed by atoms with Crippen molar-refractivity contribution in [1.82, 2.24) is 18.3 Å². The molecule has 21 heteroatoms. The van der Waals surface area contributed by atoms with Gasteiger partial charge in [-0.3, -0.25) is 32.3 Å². The van der Waals surface area contributed by atoms with E-state index in [-0.39, 0.29) is 38.3 Å². The number of nitrogens with zero attached hydrogens (tertiary/aromatic N) is 4. The number of phosphoric ester groups is 1. The molecule has 3 aliphatic heterocycles. The molecule has 4 aromatic rings. The minimum atomic E-state index is -4.39. The van der Waals surface area contributed by atoms with Gasteiger partial charge < -0.3 is 32.8 Å². The van der Waals surface area contributed by atoms with E-state index >= 15 is 0 Å². The monoisotopic (exact) mass is 914 g/mol. The molecular formula is C42H55N4O15PSi. The van der Waals surface area contributed by atoms with Crippen molar-refractivity contribution >= 4 is 16.1 Å². The molecule has 19 nitrogen and oxygen atoms in total. The van der Waals surface area contributed by atoms with Crippen LogP contribution in [0.15, 0.2) is 104 Å². The van der Waals surface area contributed by atoms with Crippen molar-refractivity contribution < 1.29 is 51.0 Å². The van der Waals surface area contributed by atoms with Crippen molar-refractivity contribution in [3.05, 3.63) is 138 Å².